The number of hydrogen-bond acceptors (Lipinski definition) is 2. The van der Waals surface area contributed by atoms with Crippen LogP contribution in [0, 0.1) is 5.82 Å². The third kappa shape index (κ3) is 2.36. The van der Waals surface area contributed by atoms with Crippen molar-refractivity contribution in [2.75, 3.05) is 6.54 Å². The van der Waals surface area contributed by atoms with E-state index in [-0.39, 0.29) is 11.9 Å². The predicted molar refractivity (Wildman–Crippen MR) is 65.6 cm³/mol. The fourth-order valence-corrected chi connectivity index (χ4v) is 1.99. The lowest BCUT2D eigenvalue weighted by Gasteiger charge is -2.18. The third-order valence-corrected chi connectivity index (χ3v) is 2.76. The molecule has 2 aromatic rings. The quantitative estimate of drug-likeness (QED) is 0.880. The van der Waals surface area contributed by atoms with Crippen LogP contribution in [-0.4, -0.2) is 16.1 Å². The molecule has 1 heterocycles. The van der Waals surface area contributed by atoms with Crippen molar-refractivity contribution in [2.45, 2.75) is 19.9 Å². The SMILES string of the molecule is CCNC(C)c1c(F)cccc1-n1ccnc1. The Morgan fingerprint density at radius 1 is 1.47 bits per heavy atom. The Morgan fingerprint density at radius 3 is 2.94 bits per heavy atom. The topological polar surface area (TPSA) is 29.9 Å². The van der Waals surface area contributed by atoms with Crippen LogP contribution in [0.3, 0.4) is 0 Å². The Balaban J connectivity index is 2.49. The summed E-state index contributed by atoms with van der Waals surface area (Å²) in [4.78, 5) is 3.99. The second-order valence-corrected chi connectivity index (χ2v) is 3.92. The van der Waals surface area contributed by atoms with E-state index in [1.54, 1.807) is 18.6 Å². The van der Waals surface area contributed by atoms with Gasteiger partial charge in [-0.15, -0.1) is 0 Å². The van der Waals surface area contributed by atoms with Crippen LogP contribution in [-0.2, 0) is 0 Å². The highest BCUT2D eigenvalue weighted by Crippen LogP contribution is 2.24. The molecule has 0 bridgehead atoms. The molecular formula is C13H16FN3. The van der Waals surface area contributed by atoms with Crippen molar-refractivity contribution in [2.24, 2.45) is 0 Å². The first kappa shape index (κ1) is 11.8. The van der Waals surface area contributed by atoms with Gasteiger partial charge in [0, 0.05) is 24.0 Å². The monoisotopic (exact) mass is 233 g/mol. The Morgan fingerprint density at radius 2 is 2.29 bits per heavy atom. The highest BCUT2D eigenvalue weighted by Gasteiger charge is 2.15. The van der Waals surface area contributed by atoms with Crippen LogP contribution in [0.1, 0.15) is 25.5 Å². The molecule has 0 aliphatic rings. The van der Waals surface area contributed by atoms with Gasteiger partial charge in [-0.3, -0.25) is 0 Å². The molecule has 1 atom stereocenters. The smallest absolute Gasteiger partial charge is 0.130 e. The molecule has 0 saturated carbocycles. The molecular weight excluding hydrogens is 217 g/mol. The van der Waals surface area contributed by atoms with Gasteiger partial charge in [0.2, 0.25) is 0 Å². The summed E-state index contributed by atoms with van der Waals surface area (Å²) in [5.74, 6) is -0.190. The summed E-state index contributed by atoms with van der Waals surface area (Å²) in [6, 6.07) is 5.07. The maximum atomic E-state index is 13.9. The van der Waals surface area contributed by atoms with Gasteiger partial charge in [0.1, 0.15) is 5.82 Å². The summed E-state index contributed by atoms with van der Waals surface area (Å²) < 4.78 is 15.8. The largest absolute Gasteiger partial charge is 0.310 e. The molecule has 90 valence electrons. The van der Waals surface area contributed by atoms with Gasteiger partial charge in [0.25, 0.3) is 0 Å². The molecule has 1 N–H and O–H groups in total. The Bertz CT molecular complexity index is 479. The van der Waals surface area contributed by atoms with Crippen molar-refractivity contribution in [3.05, 3.63) is 48.3 Å². The molecule has 2 rings (SSSR count). The minimum absolute atomic E-state index is 0.0291. The molecule has 1 aromatic heterocycles. The predicted octanol–water partition coefficient (Wildman–Crippen LogP) is 2.68. The molecule has 0 aliphatic carbocycles. The summed E-state index contributed by atoms with van der Waals surface area (Å²) in [6.45, 7) is 4.77. The highest BCUT2D eigenvalue weighted by molar-refractivity contribution is 5.43. The summed E-state index contributed by atoms with van der Waals surface area (Å²) in [6.07, 6.45) is 5.18. The van der Waals surface area contributed by atoms with Gasteiger partial charge in [0.15, 0.2) is 0 Å². The lowest BCUT2D eigenvalue weighted by molar-refractivity contribution is 0.538. The van der Waals surface area contributed by atoms with Gasteiger partial charge in [-0.2, -0.15) is 0 Å². The third-order valence-electron chi connectivity index (χ3n) is 2.76. The standard InChI is InChI=1S/C13H16FN3/c1-3-16-10(2)13-11(14)5-4-6-12(13)17-8-7-15-9-17/h4-10,16H,3H2,1-2H3. The first-order chi connectivity index (χ1) is 8.24. The Kier molecular flexibility index (Phi) is 3.54. The molecule has 4 heteroatoms. The lowest BCUT2D eigenvalue weighted by atomic mass is 10.1. The van der Waals surface area contributed by atoms with Crippen molar-refractivity contribution < 1.29 is 4.39 Å². The van der Waals surface area contributed by atoms with Crippen molar-refractivity contribution in [1.29, 1.82) is 0 Å². The van der Waals surface area contributed by atoms with Gasteiger partial charge < -0.3 is 9.88 Å². The summed E-state index contributed by atoms with van der Waals surface area (Å²) >= 11 is 0. The van der Waals surface area contributed by atoms with Crippen molar-refractivity contribution >= 4 is 0 Å². The maximum absolute atomic E-state index is 13.9. The average molecular weight is 233 g/mol. The van der Waals surface area contributed by atoms with E-state index in [0.717, 1.165) is 12.2 Å². The summed E-state index contributed by atoms with van der Waals surface area (Å²) in [7, 11) is 0. The fraction of sp³-hybridized carbons (Fsp3) is 0.308. The molecule has 1 aromatic carbocycles. The molecule has 0 aliphatic heterocycles. The van der Waals surface area contributed by atoms with Gasteiger partial charge in [-0.05, 0) is 25.6 Å². The first-order valence-corrected chi connectivity index (χ1v) is 5.74. The van der Waals surface area contributed by atoms with Gasteiger partial charge >= 0.3 is 0 Å². The minimum atomic E-state index is -0.190. The summed E-state index contributed by atoms with van der Waals surface area (Å²) in [5, 5.41) is 3.23. The minimum Gasteiger partial charge on any atom is -0.310 e. The number of benzene rings is 1. The number of rotatable bonds is 4. The molecule has 1 unspecified atom stereocenters. The van der Waals surface area contributed by atoms with E-state index in [0.29, 0.717) is 5.56 Å². The van der Waals surface area contributed by atoms with Crippen molar-refractivity contribution in [3.63, 3.8) is 0 Å². The Labute approximate surface area is 100 Å². The van der Waals surface area contributed by atoms with Crippen LogP contribution in [0.25, 0.3) is 5.69 Å². The molecule has 3 nitrogen and oxygen atoms in total. The second-order valence-electron chi connectivity index (χ2n) is 3.92. The first-order valence-electron chi connectivity index (χ1n) is 5.74. The number of halogens is 1. The molecule has 0 fully saturated rings. The normalized spacial score (nSPS) is 12.6. The number of nitrogens with one attached hydrogen (secondary N) is 1. The van der Waals surface area contributed by atoms with E-state index >= 15 is 0 Å². The number of imidazole rings is 1. The van der Waals surface area contributed by atoms with Crippen LogP contribution in [0.5, 0.6) is 0 Å². The number of nitrogens with zero attached hydrogens (tertiary/aromatic N) is 2. The summed E-state index contributed by atoms with van der Waals surface area (Å²) in [5.41, 5.74) is 1.50. The maximum Gasteiger partial charge on any atom is 0.130 e. The zero-order chi connectivity index (χ0) is 12.3. The lowest BCUT2D eigenvalue weighted by Crippen LogP contribution is -2.20. The van der Waals surface area contributed by atoms with Gasteiger partial charge in [-0.25, -0.2) is 9.37 Å². The van der Waals surface area contributed by atoms with Crippen molar-refractivity contribution in [3.8, 4) is 5.69 Å². The molecule has 0 amide bonds. The van der Waals surface area contributed by atoms with E-state index in [1.165, 1.54) is 6.07 Å². The van der Waals surface area contributed by atoms with Crippen LogP contribution < -0.4 is 5.32 Å². The van der Waals surface area contributed by atoms with Crippen molar-refractivity contribution in [1.82, 2.24) is 14.9 Å². The average Bonchev–Trinajstić information content (AvgIpc) is 2.82. The number of aromatic nitrogens is 2. The molecule has 0 saturated heterocycles. The fourth-order valence-electron chi connectivity index (χ4n) is 1.99. The van der Waals surface area contributed by atoms with Crippen LogP contribution in [0.4, 0.5) is 4.39 Å². The van der Waals surface area contributed by atoms with Gasteiger partial charge in [0.05, 0.1) is 12.0 Å². The van der Waals surface area contributed by atoms with E-state index in [4.69, 9.17) is 0 Å². The number of hydrogen-bond donors (Lipinski definition) is 1. The van der Waals surface area contributed by atoms with Gasteiger partial charge in [-0.1, -0.05) is 13.0 Å². The second kappa shape index (κ2) is 5.10. The van der Waals surface area contributed by atoms with E-state index in [1.807, 2.05) is 30.7 Å². The zero-order valence-corrected chi connectivity index (χ0v) is 10.0. The van der Waals surface area contributed by atoms with Crippen LogP contribution in [0.2, 0.25) is 0 Å². The molecule has 0 radical (unpaired) electrons. The van der Waals surface area contributed by atoms with E-state index in [2.05, 4.69) is 10.3 Å². The van der Waals surface area contributed by atoms with E-state index < -0.39 is 0 Å². The van der Waals surface area contributed by atoms with E-state index in [9.17, 15) is 4.39 Å². The molecule has 0 spiro atoms. The highest BCUT2D eigenvalue weighted by atomic mass is 19.1. The Hall–Kier alpha value is -1.68. The molecule has 17 heavy (non-hydrogen) atoms. The van der Waals surface area contributed by atoms with Crippen LogP contribution in [0.15, 0.2) is 36.9 Å². The van der Waals surface area contributed by atoms with Crippen LogP contribution >= 0.6 is 0 Å². The zero-order valence-electron chi connectivity index (χ0n) is 10.0.